The molecule has 0 bridgehead atoms. The van der Waals surface area contributed by atoms with E-state index in [1.807, 2.05) is 6.92 Å². The van der Waals surface area contributed by atoms with Gasteiger partial charge in [-0.3, -0.25) is 0 Å². The molecule has 0 saturated heterocycles. The number of hydrogen-bond acceptors (Lipinski definition) is 3. The molecule has 2 fully saturated rings. The van der Waals surface area contributed by atoms with E-state index in [0.29, 0.717) is 5.41 Å². The van der Waals surface area contributed by atoms with Gasteiger partial charge in [0, 0.05) is 6.42 Å². The summed E-state index contributed by atoms with van der Waals surface area (Å²) in [6, 6.07) is 3.18. The molecule has 2 saturated carbocycles. The molecule has 0 spiro atoms. The summed E-state index contributed by atoms with van der Waals surface area (Å²) in [6.07, 6.45) is 16.3. The fraction of sp³-hybridized carbons (Fsp3) is 0.783. The van der Waals surface area contributed by atoms with Crippen LogP contribution in [0.25, 0.3) is 0 Å². The first-order valence-electron chi connectivity index (χ1n) is 11.0. The molecule has 0 amide bonds. The first-order valence-corrected chi connectivity index (χ1v) is 11.0. The van der Waals surface area contributed by atoms with Crippen LogP contribution in [0.5, 0.6) is 0 Å². The van der Waals surface area contributed by atoms with Crippen LogP contribution in [0.2, 0.25) is 0 Å². The molecule has 0 aromatic carbocycles. The minimum atomic E-state index is -1.01. The Morgan fingerprint density at radius 3 is 2.41 bits per heavy atom. The van der Waals surface area contributed by atoms with Crippen LogP contribution in [0, 0.1) is 11.3 Å². The van der Waals surface area contributed by atoms with Crippen LogP contribution in [-0.2, 0) is 6.42 Å². The Hall–Kier alpha value is -1.29. The first kappa shape index (κ1) is 22.0. The van der Waals surface area contributed by atoms with Gasteiger partial charge in [0.05, 0.1) is 6.10 Å². The third-order valence-electron chi connectivity index (χ3n) is 6.69. The second kappa shape index (κ2) is 10.9. The minimum Gasteiger partial charge on any atom is -0.475 e. The van der Waals surface area contributed by atoms with Crippen LogP contribution < -0.4 is 0 Å². The zero-order valence-electron chi connectivity index (χ0n) is 17.2. The van der Waals surface area contributed by atoms with Gasteiger partial charge in [-0.1, -0.05) is 58.8 Å². The topological polar surface area (TPSA) is 70.7 Å². The maximum Gasteiger partial charge on any atom is 0.371 e. The molecule has 1 heterocycles. The SMILES string of the molecule is CCC1(C(O)CCCC2CCCC2)CCC1.CCCc1ccc(C(=O)O)o1. The number of rotatable bonds is 9. The molecule has 1 aromatic heterocycles. The molecular weight excluding hydrogens is 340 g/mol. The smallest absolute Gasteiger partial charge is 0.371 e. The van der Waals surface area contributed by atoms with Crippen LogP contribution in [0.3, 0.4) is 0 Å². The van der Waals surface area contributed by atoms with E-state index in [4.69, 9.17) is 9.52 Å². The summed E-state index contributed by atoms with van der Waals surface area (Å²) in [7, 11) is 0. The lowest BCUT2D eigenvalue weighted by Crippen LogP contribution is -2.40. The van der Waals surface area contributed by atoms with Crippen LogP contribution in [0.15, 0.2) is 16.5 Å². The van der Waals surface area contributed by atoms with Gasteiger partial charge < -0.3 is 14.6 Å². The Morgan fingerprint density at radius 2 is 1.93 bits per heavy atom. The second-order valence-corrected chi connectivity index (χ2v) is 8.49. The van der Waals surface area contributed by atoms with Crippen molar-refractivity contribution in [2.75, 3.05) is 0 Å². The zero-order chi connectivity index (χ0) is 19.7. The summed E-state index contributed by atoms with van der Waals surface area (Å²) in [4.78, 5) is 10.3. The molecule has 1 aromatic rings. The number of hydrogen-bond donors (Lipinski definition) is 2. The van der Waals surface area contributed by atoms with Gasteiger partial charge in [-0.05, 0) is 55.6 Å². The van der Waals surface area contributed by atoms with E-state index in [0.717, 1.165) is 30.9 Å². The molecular formula is C23H38O4. The number of carboxylic acid groups (broad SMARTS) is 1. The fourth-order valence-corrected chi connectivity index (χ4v) is 4.63. The van der Waals surface area contributed by atoms with Crippen molar-refractivity contribution in [1.82, 2.24) is 0 Å². The lowest BCUT2D eigenvalue weighted by Gasteiger charge is -2.45. The van der Waals surface area contributed by atoms with Gasteiger partial charge in [-0.2, -0.15) is 0 Å². The predicted octanol–water partition coefficient (Wildman–Crippen LogP) is 6.22. The molecule has 3 rings (SSSR count). The number of aromatic carboxylic acids is 1. The third-order valence-corrected chi connectivity index (χ3v) is 6.69. The number of aliphatic hydroxyl groups excluding tert-OH is 1. The Morgan fingerprint density at radius 1 is 1.22 bits per heavy atom. The Bertz CT molecular complexity index is 547. The van der Waals surface area contributed by atoms with Crippen molar-refractivity contribution in [3.8, 4) is 0 Å². The second-order valence-electron chi connectivity index (χ2n) is 8.49. The van der Waals surface area contributed by atoms with Gasteiger partial charge in [0.15, 0.2) is 0 Å². The van der Waals surface area contributed by atoms with E-state index in [1.54, 1.807) is 6.07 Å². The molecule has 1 unspecified atom stereocenters. The quantitative estimate of drug-likeness (QED) is 0.535. The van der Waals surface area contributed by atoms with Crippen molar-refractivity contribution < 1.29 is 19.4 Å². The van der Waals surface area contributed by atoms with E-state index >= 15 is 0 Å². The van der Waals surface area contributed by atoms with E-state index in [-0.39, 0.29) is 11.9 Å². The number of aliphatic hydroxyl groups is 1. The van der Waals surface area contributed by atoms with Gasteiger partial charge in [0.1, 0.15) is 5.76 Å². The standard InChI is InChI=1S/C15H28O.C8H10O3/c1-2-15(11-6-12-15)14(16)10-5-9-13-7-3-4-8-13;1-2-3-6-4-5-7(11-6)8(9)10/h13-14,16H,2-12H2,1H3;4-5H,2-3H2,1H3,(H,9,10). The number of carboxylic acids is 1. The summed E-state index contributed by atoms with van der Waals surface area (Å²) >= 11 is 0. The maximum atomic E-state index is 10.3. The van der Waals surface area contributed by atoms with Crippen LogP contribution in [0.1, 0.15) is 107 Å². The number of carbonyl (C=O) groups is 1. The van der Waals surface area contributed by atoms with Crippen molar-refractivity contribution >= 4 is 5.97 Å². The lowest BCUT2D eigenvalue weighted by atomic mass is 9.62. The molecule has 27 heavy (non-hydrogen) atoms. The summed E-state index contributed by atoms with van der Waals surface area (Å²) in [6.45, 7) is 4.27. The molecule has 4 heteroatoms. The average molecular weight is 379 g/mol. The van der Waals surface area contributed by atoms with Gasteiger partial charge in [-0.25, -0.2) is 4.79 Å². The van der Waals surface area contributed by atoms with Crippen LogP contribution in [-0.4, -0.2) is 22.3 Å². The predicted molar refractivity (Wildman–Crippen MR) is 108 cm³/mol. The maximum absolute atomic E-state index is 10.3. The fourth-order valence-electron chi connectivity index (χ4n) is 4.63. The van der Waals surface area contributed by atoms with Gasteiger partial charge in [-0.15, -0.1) is 0 Å². The Labute approximate surface area is 164 Å². The van der Waals surface area contributed by atoms with Crippen LogP contribution >= 0.6 is 0 Å². The molecule has 0 radical (unpaired) electrons. The summed E-state index contributed by atoms with van der Waals surface area (Å²) < 4.78 is 4.99. The molecule has 2 aliphatic rings. The summed E-state index contributed by atoms with van der Waals surface area (Å²) in [5, 5.41) is 18.8. The van der Waals surface area contributed by atoms with Crippen molar-refractivity contribution in [3.05, 3.63) is 23.7 Å². The van der Waals surface area contributed by atoms with E-state index < -0.39 is 5.97 Å². The van der Waals surface area contributed by atoms with Crippen molar-refractivity contribution in [2.24, 2.45) is 11.3 Å². The molecule has 1 atom stereocenters. The molecule has 2 aliphatic carbocycles. The average Bonchev–Trinajstić information content (AvgIpc) is 3.27. The zero-order valence-corrected chi connectivity index (χ0v) is 17.2. The van der Waals surface area contributed by atoms with Gasteiger partial charge in [0.25, 0.3) is 0 Å². The molecule has 154 valence electrons. The van der Waals surface area contributed by atoms with Crippen molar-refractivity contribution in [2.45, 2.75) is 103 Å². The van der Waals surface area contributed by atoms with E-state index in [1.165, 1.54) is 70.3 Å². The highest BCUT2D eigenvalue weighted by atomic mass is 16.4. The van der Waals surface area contributed by atoms with Crippen LogP contribution in [0.4, 0.5) is 0 Å². The lowest BCUT2D eigenvalue weighted by molar-refractivity contribution is -0.0435. The number of furan rings is 1. The van der Waals surface area contributed by atoms with Crippen molar-refractivity contribution in [3.63, 3.8) is 0 Å². The monoisotopic (exact) mass is 378 g/mol. The van der Waals surface area contributed by atoms with E-state index in [9.17, 15) is 9.90 Å². The summed E-state index contributed by atoms with van der Waals surface area (Å²) in [5.74, 6) is 0.747. The molecule has 4 nitrogen and oxygen atoms in total. The Kier molecular flexibility index (Phi) is 8.88. The highest BCUT2D eigenvalue weighted by Crippen LogP contribution is 2.48. The first-order chi connectivity index (χ1) is 13.0. The highest BCUT2D eigenvalue weighted by molar-refractivity contribution is 5.84. The molecule has 0 aliphatic heterocycles. The van der Waals surface area contributed by atoms with Gasteiger partial charge >= 0.3 is 5.97 Å². The number of aryl methyl sites for hydroxylation is 1. The van der Waals surface area contributed by atoms with Crippen molar-refractivity contribution in [1.29, 1.82) is 0 Å². The highest BCUT2D eigenvalue weighted by Gasteiger charge is 2.41. The largest absolute Gasteiger partial charge is 0.475 e. The van der Waals surface area contributed by atoms with E-state index in [2.05, 4.69) is 6.92 Å². The Balaban J connectivity index is 0.000000208. The normalized spacial score (nSPS) is 19.8. The molecule has 2 N–H and O–H groups in total. The minimum absolute atomic E-state index is 0.00680. The summed E-state index contributed by atoms with van der Waals surface area (Å²) in [5.41, 5.74) is 0.329. The third kappa shape index (κ3) is 6.38. The van der Waals surface area contributed by atoms with Gasteiger partial charge in [0.2, 0.25) is 5.76 Å².